The van der Waals surface area contributed by atoms with Crippen molar-refractivity contribution in [3.8, 4) is 0 Å². The van der Waals surface area contributed by atoms with Crippen molar-refractivity contribution in [1.29, 1.82) is 0 Å². The molecule has 2 atom stereocenters. The number of rotatable bonds is 10. The van der Waals surface area contributed by atoms with Gasteiger partial charge in [0.1, 0.15) is 0 Å². The first kappa shape index (κ1) is 26.2. The first-order chi connectivity index (χ1) is 12.4. The topological polar surface area (TPSA) is 104 Å². The van der Waals surface area contributed by atoms with Crippen LogP contribution in [0.4, 0.5) is 4.79 Å². The molecule has 160 valence electrons. The zero-order valence-corrected chi connectivity index (χ0v) is 19.4. The predicted molar refractivity (Wildman–Crippen MR) is 118 cm³/mol. The van der Waals surface area contributed by atoms with Crippen LogP contribution >= 0.6 is 24.0 Å². The number of halogens is 1. The molecule has 0 spiro atoms. The van der Waals surface area contributed by atoms with Gasteiger partial charge in [0, 0.05) is 44.8 Å². The van der Waals surface area contributed by atoms with Gasteiger partial charge in [-0.3, -0.25) is 4.99 Å². The molecule has 1 rings (SSSR count). The van der Waals surface area contributed by atoms with Crippen molar-refractivity contribution in [2.24, 2.45) is 16.3 Å². The number of guanidine groups is 1. The molecule has 27 heavy (non-hydrogen) atoms. The summed E-state index contributed by atoms with van der Waals surface area (Å²) in [5.41, 5.74) is -0.0487. The lowest BCUT2D eigenvalue weighted by atomic mass is 9.84. The molecule has 8 nitrogen and oxygen atoms in total. The van der Waals surface area contributed by atoms with Crippen molar-refractivity contribution in [2.75, 3.05) is 46.6 Å². The number of nitrogens with one attached hydrogen (secondary N) is 3. The van der Waals surface area contributed by atoms with Crippen LogP contribution in [0.15, 0.2) is 4.99 Å². The third kappa shape index (κ3) is 10.3. The largest absolute Gasteiger partial charge is 0.450 e. The zero-order chi connectivity index (χ0) is 19.4. The molecule has 1 aliphatic rings. The Morgan fingerprint density at radius 3 is 2.63 bits per heavy atom. The molecule has 0 aromatic carbocycles. The summed E-state index contributed by atoms with van der Waals surface area (Å²) in [6.45, 7) is 9.15. The van der Waals surface area contributed by atoms with Crippen LogP contribution in [0, 0.1) is 11.3 Å². The Hall–Kier alpha value is -0.810. The molecule has 2 unspecified atom stereocenters. The standard InChI is InChI=1S/C18H36N4O4.HI/c1-5-26-17(24)22-15(10-14(2)3)11-20-16(19-4)21-12-18(6-8-23)7-9-25-13-18;/h14-15,23H,5-13H2,1-4H3,(H,22,24)(H2,19,20,21);1H. The van der Waals surface area contributed by atoms with Gasteiger partial charge in [-0.25, -0.2) is 4.79 Å². The monoisotopic (exact) mass is 500 g/mol. The van der Waals surface area contributed by atoms with Gasteiger partial charge in [-0.1, -0.05) is 13.8 Å². The fraction of sp³-hybridized carbons (Fsp3) is 0.889. The molecule has 0 aliphatic carbocycles. The van der Waals surface area contributed by atoms with Crippen LogP contribution in [-0.4, -0.2) is 69.8 Å². The van der Waals surface area contributed by atoms with Crippen molar-refractivity contribution in [3.63, 3.8) is 0 Å². The highest BCUT2D eigenvalue weighted by atomic mass is 127. The molecule has 4 N–H and O–H groups in total. The van der Waals surface area contributed by atoms with Gasteiger partial charge in [0.25, 0.3) is 0 Å². The van der Waals surface area contributed by atoms with Gasteiger partial charge in [0.15, 0.2) is 5.96 Å². The summed E-state index contributed by atoms with van der Waals surface area (Å²) in [5.74, 6) is 1.12. The van der Waals surface area contributed by atoms with E-state index in [9.17, 15) is 9.90 Å². The van der Waals surface area contributed by atoms with Crippen molar-refractivity contribution in [2.45, 2.75) is 46.1 Å². The number of ether oxygens (including phenoxy) is 2. The third-order valence-corrected chi connectivity index (χ3v) is 4.55. The van der Waals surface area contributed by atoms with Crippen LogP contribution in [0.1, 0.15) is 40.0 Å². The van der Waals surface area contributed by atoms with E-state index in [2.05, 4.69) is 34.8 Å². The van der Waals surface area contributed by atoms with Gasteiger partial charge in [-0.2, -0.15) is 0 Å². The summed E-state index contributed by atoms with van der Waals surface area (Å²) in [4.78, 5) is 16.0. The highest BCUT2D eigenvalue weighted by Crippen LogP contribution is 2.31. The first-order valence-electron chi connectivity index (χ1n) is 9.51. The molecule has 0 radical (unpaired) electrons. The fourth-order valence-electron chi connectivity index (χ4n) is 3.13. The van der Waals surface area contributed by atoms with Crippen LogP contribution in [-0.2, 0) is 9.47 Å². The van der Waals surface area contributed by atoms with Crippen LogP contribution in [0.2, 0.25) is 0 Å². The van der Waals surface area contributed by atoms with Gasteiger partial charge in [0.2, 0.25) is 0 Å². The second-order valence-corrected chi connectivity index (χ2v) is 7.27. The second-order valence-electron chi connectivity index (χ2n) is 7.27. The number of aliphatic hydroxyl groups is 1. The maximum atomic E-state index is 11.7. The molecule has 0 bridgehead atoms. The van der Waals surface area contributed by atoms with E-state index in [0.29, 0.717) is 44.6 Å². The number of aliphatic hydroxyl groups excluding tert-OH is 1. The highest BCUT2D eigenvalue weighted by Gasteiger charge is 2.34. The normalized spacial score (nSPS) is 20.7. The number of aliphatic imine (C=N–C) groups is 1. The summed E-state index contributed by atoms with van der Waals surface area (Å²) in [7, 11) is 1.72. The quantitative estimate of drug-likeness (QED) is 0.207. The molecule has 0 aromatic rings. The molecule has 1 fully saturated rings. The number of alkyl carbamates (subject to hydrolysis) is 1. The van der Waals surface area contributed by atoms with E-state index in [1.807, 2.05) is 0 Å². The molecule has 9 heteroatoms. The predicted octanol–water partition coefficient (Wildman–Crippen LogP) is 1.72. The first-order valence-corrected chi connectivity index (χ1v) is 9.51. The molecule has 1 saturated heterocycles. The van der Waals surface area contributed by atoms with Crippen LogP contribution in [0.5, 0.6) is 0 Å². The van der Waals surface area contributed by atoms with Crippen molar-refractivity contribution < 1.29 is 19.4 Å². The Labute approximate surface area is 180 Å². The molecule has 1 heterocycles. The van der Waals surface area contributed by atoms with Crippen molar-refractivity contribution in [1.82, 2.24) is 16.0 Å². The van der Waals surface area contributed by atoms with E-state index >= 15 is 0 Å². The van der Waals surface area contributed by atoms with Crippen molar-refractivity contribution >= 4 is 36.0 Å². The molecule has 0 aromatic heterocycles. The maximum absolute atomic E-state index is 11.7. The van der Waals surface area contributed by atoms with Gasteiger partial charge in [-0.15, -0.1) is 24.0 Å². The number of hydrogen-bond acceptors (Lipinski definition) is 5. The van der Waals surface area contributed by atoms with E-state index in [0.717, 1.165) is 19.4 Å². The Balaban J connectivity index is 0.00000676. The van der Waals surface area contributed by atoms with Crippen LogP contribution in [0.25, 0.3) is 0 Å². The number of nitrogens with zero attached hydrogens (tertiary/aromatic N) is 1. The summed E-state index contributed by atoms with van der Waals surface area (Å²) in [6, 6.07) is -0.0474. The number of amides is 1. The second kappa shape index (κ2) is 14.2. The summed E-state index contributed by atoms with van der Waals surface area (Å²) in [6.07, 6.45) is 2.08. The summed E-state index contributed by atoms with van der Waals surface area (Å²) >= 11 is 0. The molecular weight excluding hydrogens is 463 g/mol. The highest BCUT2D eigenvalue weighted by molar-refractivity contribution is 14.0. The number of hydrogen-bond donors (Lipinski definition) is 4. The lowest BCUT2D eigenvalue weighted by molar-refractivity contribution is 0.127. The number of carbonyl (C=O) groups is 1. The Morgan fingerprint density at radius 1 is 1.37 bits per heavy atom. The Bertz CT molecular complexity index is 443. The maximum Gasteiger partial charge on any atom is 0.407 e. The van der Waals surface area contributed by atoms with E-state index < -0.39 is 6.09 Å². The molecule has 1 amide bonds. The SMILES string of the molecule is CCOC(=O)NC(CNC(=NC)NCC1(CCO)CCOC1)CC(C)C.I. The van der Waals surface area contributed by atoms with Crippen molar-refractivity contribution in [3.05, 3.63) is 0 Å². The average molecular weight is 500 g/mol. The van der Waals surface area contributed by atoms with Gasteiger partial charge < -0.3 is 30.5 Å². The minimum atomic E-state index is -0.395. The van der Waals surface area contributed by atoms with Gasteiger partial charge in [-0.05, 0) is 32.1 Å². The van der Waals surface area contributed by atoms with E-state index in [1.165, 1.54) is 0 Å². The molecule has 0 saturated carbocycles. The smallest absolute Gasteiger partial charge is 0.407 e. The molecule has 1 aliphatic heterocycles. The lowest BCUT2D eigenvalue weighted by Crippen LogP contribution is -2.49. The minimum absolute atomic E-state index is 0. The van der Waals surface area contributed by atoms with E-state index in [-0.39, 0.29) is 42.0 Å². The Morgan fingerprint density at radius 2 is 2.11 bits per heavy atom. The molecular formula is C18H37IN4O4. The van der Waals surface area contributed by atoms with Gasteiger partial charge in [0.05, 0.1) is 13.2 Å². The average Bonchev–Trinajstić information content (AvgIpc) is 3.03. The third-order valence-electron chi connectivity index (χ3n) is 4.55. The summed E-state index contributed by atoms with van der Waals surface area (Å²) in [5, 5.41) is 18.8. The van der Waals surface area contributed by atoms with E-state index in [4.69, 9.17) is 9.47 Å². The van der Waals surface area contributed by atoms with E-state index in [1.54, 1.807) is 14.0 Å². The fourth-order valence-corrected chi connectivity index (χ4v) is 3.13. The summed E-state index contributed by atoms with van der Waals surface area (Å²) < 4.78 is 10.5. The van der Waals surface area contributed by atoms with Crippen LogP contribution in [0.3, 0.4) is 0 Å². The lowest BCUT2D eigenvalue weighted by Gasteiger charge is -2.28. The Kier molecular flexibility index (Phi) is 13.8. The minimum Gasteiger partial charge on any atom is -0.450 e. The number of carbonyl (C=O) groups excluding carboxylic acids is 1. The van der Waals surface area contributed by atoms with Gasteiger partial charge >= 0.3 is 6.09 Å². The van der Waals surface area contributed by atoms with Crippen LogP contribution < -0.4 is 16.0 Å². The zero-order valence-electron chi connectivity index (χ0n) is 17.0.